The molecule has 2 aliphatic rings. The maximum atomic E-state index is 12.6. The van der Waals surface area contributed by atoms with Crippen molar-refractivity contribution in [2.75, 3.05) is 6.54 Å². The normalized spacial score (nSPS) is 22.9. The third-order valence-electron chi connectivity index (χ3n) is 5.42. The van der Waals surface area contributed by atoms with E-state index in [1.54, 1.807) is 6.92 Å². The van der Waals surface area contributed by atoms with E-state index in [0.29, 0.717) is 18.3 Å². The Morgan fingerprint density at radius 1 is 1.46 bits per heavy atom. The lowest BCUT2D eigenvalue weighted by Crippen LogP contribution is -3.13. The Bertz CT molecular complexity index is 887. The molecule has 1 aliphatic carbocycles. The van der Waals surface area contributed by atoms with Crippen molar-refractivity contribution in [3.8, 4) is 6.07 Å². The average molecular weight is 341 g/mol. The van der Waals surface area contributed by atoms with Crippen LogP contribution in [0.5, 0.6) is 0 Å². The Morgan fingerprint density at radius 3 is 2.96 bits per heavy atom. The third-order valence-corrected chi connectivity index (χ3v) is 6.42. The van der Waals surface area contributed by atoms with E-state index in [0.717, 1.165) is 24.6 Å². The molecule has 2 atom stereocenters. The summed E-state index contributed by atoms with van der Waals surface area (Å²) in [5.41, 5.74) is 2.92. The predicted octanol–water partition coefficient (Wildman–Crippen LogP) is 1.34. The van der Waals surface area contributed by atoms with Crippen LogP contribution in [-0.4, -0.2) is 16.3 Å². The van der Waals surface area contributed by atoms with Crippen molar-refractivity contribution < 1.29 is 4.90 Å². The lowest BCUT2D eigenvalue weighted by atomic mass is 9.96. The number of aromatic nitrogens is 2. The fourth-order valence-electron chi connectivity index (χ4n) is 3.88. The molecule has 1 N–H and O–H groups in total. The molecule has 2 aromatic heterocycles. The number of thiophene rings is 1. The van der Waals surface area contributed by atoms with Gasteiger partial charge in [0.2, 0.25) is 0 Å². The molecule has 3 heterocycles. The van der Waals surface area contributed by atoms with E-state index >= 15 is 0 Å². The van der Waals surface area contributed by atoms with Crippen LogP contribution in [0.3, 0.4) is 0 Å². The van der Waals surface area contributed by atoms with Gasteiger partial charge in [-0.05, 0) is 43.7 Å². The van der Waals surface area contributed by atoms with Crippen molar-refractivity contribution in [1.29, 1.82) is 5.26 Å². The molecule has 5 nitrogen and oxygen atoms in total. The van der Waals surface area contributed by atoms with E-state index in [4.69, 9.17) is 0 Å². The maximum Gasteiger partial charge on any atom is 0.289 e. The second-order valence-corrected chi connectivity index (χ2v) is 7.93. The SMILES string of the molecule is Cc1nn(C[NH+]2CCc3sccc3[C@H]2C2CC2)c(=O)c(C#N)c1C. The van der Waals surface area contributed by atoms with Crippen LogP contribution in [0.2, 0.25) is 0 Å². The van der Waals surface area contributed by atoms with Gasteiger partial charge < -0.3 is 4.90 Å². The van der Waals surface area contributed by atoms with Crippen LogP contribution in [0, 0.1) is 31.1 Å². The fraction of sp³-hybridized carbons (Fsp3) is 0.500. The van der Waals surface area contributed by atoms with E-state index in [1.165, 1.54) is 32.9 Å². The third kappa shape index (κ3) is 2.48. The number of aryl methyl sites for hydroxylation is 1. The first-order chi connectivity index (χ1) is 11.6. The average Bonchev–Trinajstić information content (AvgIpc) is 3.29. The van der Waals surface area contributed by atoms with Crippen LogP contribution >= 0.6 is 11.3 Å². The van der Waals surface area contributed by atoms with Crippen molar-refractivity contribution in [1.82, 2.24) is 9.78 Å². The van der Waals surface area contributed by atoms with Crippen molar-refractivity contribution in [2.24, 2.45) is 5.92 Å². The zero-order valence-electron chi connectivity index (χ0n) is 14.0. The lowest BCUT2D eigenvalue weighted by Gasteiger charge is -2.33. The minimum absolute atomic E-state index is 0.234. The summed E-state index contributed by atoms with van der Waals surface area (Å²) in [6.45, 7) is 5.24. The van der Waals surface area contributed by atoms with Crippen molar-refractivity contribution >= 4 is 11.3 Å². The first-order valence-electron chi connectivity index (χ1n) is 8.49. The number of rotatable bonds is 3. The zero-order valence-corrected chi connectivity index (χ0v) is 14.8. The molecule has 24 heavy (non-hydrogen) atoms. The molecule has 1 aliphatic heterocycles. The number of fused-ring (bicyclic) bond motifs is 1. The van der Waals surface area contributed by atoms with E-state index < -0.39 is 0 Å². The van der Waals surface area contributed by atoms with Crippen LogP contribution in [0.15, 0.2) is 16.2 Å². The van der Waals surface area contributed by atoms with Gasteiger partial charge in [-0.2, -0.15) is 15.0 Å². The number of nitriles is 1. The Balaban J connectivity index is 1.70. The number of hydrogen-bond donors (Lipinski definition) is 1. The first kappa shape index (κ1) is 15.6. The highest BCUT2D eigenvalue weighted by Crippen LogP contribution is 2.42. The van der Waals surface area contributed by atoms with Gasteiger partial charge in [0, 0.05) is 22.8 Å². The summed E-state index contributed by atoms with van der Waals surface area (Å²) in [5, 5.41) is 16.0. The minimum atomic E-state index is -0.251. The molecular weight excluding hydrogens is 320 g/mol. The van der Waals surface area contributed by atoms with Crippen LogP contribution < -0.4 is 10.5 Å². The molecule has 6 heteroatoms. The van der Waals surface area contributed by atoms with Crippen LogP contribution in [-0.2, 0) is 13.1 Å². The van der Waals surface area contributed by atoms with Gasteiger partial charge in [-0.25, -0.2) is 0 Å². The summed E-state index contributed by atoms with van der Waals surface area (Å²) in [5.74, 6) is 0.728. The summed E-state index contributed by atoms with van der Waals surface area (Å²) in [6.07, 6.45) is 3.63. The number of nitrogens with zero attached hydrogens (tertiary/aromatic N) is 3. The summed E-state index contributed by atoms with van der Waals surface area (Å²) in [6, 6.07) is 4.80. The smallest absolute Gasteiger partial charge is 0.289 e. The number of nitrogens with one attached hydrogen (secondary N) is 1. The van der Waals surface area contributed by atoms with Gasteiger partial charge in [0.25, 0.3) is 5.56 Å². The van der Waals surface area contributed by atoms with Gasteiger partial charge in [0.05, 0.1) is 12.2 Å². The standard InChI is InChI=1S/C18H20N4OS/c1-11-12(2)20-22(18(23)15(11)9-19)10-21-7-5-16-14(6-8-24-16)17(21)13-3-4-13/h6,8,13,17H,3-5,7,10H2,1-2H3/p+1/t17-/m1/s1. The molecule has 2 aromatic rings. The molecule has 0 aromatic carbocycles. The van der Waals surface area contributed by atoms with Crippen molar-refractivity contribution in [2.45, 2.75) is 45.8 Å². The highest BCUT2D eigenvalue weighted by Gasteiger charge is 2.43. The van der Waals surface area contributed by atoms with E-state index in [1.807, 2.05) is 18.3 Å². The summed E-state index contributed by atoms with van der Waals surface area (Å²) >= 11 is 1.86. The van der Waals surface area contributed by atoms with E-state index in [-0.39, 0.29) is 11.1 Å². The minimum Gasteiger partial charge on any atom is -0.310 e. The number of hydrogen-bond acceptors (Lipinski definition) is 4. The molecule has 0 amide bonds. The maximum absolute atomic E-state index is 12.6. The predicted molar refractivity (Wildman–Crippen MR) is 92.0 cm³/mol. The second-order valence-electron chi connectivity index (χ2n) is 6.93. The van der Waals surface area contributed by atoms with Crippen molar-refractivity contribution in [3.63, 3.8) is 0 Å². The second kappa shape index (κ2) is 5.83. The van der Waals surface area contributed by atoms with E-state index in [2.05, 4.69) is 22.6 Å². The summed E-state index contributed by atoms with van der Waals surface area (Å²) in [7, 11) is 0. The monoisotopic (exact) mass is 341 g/mol. The van der Waals surface area contributed by atoms with Crippen LogP contribution in [0.25, 0.3) is 0 Å². The molecule has 1 unspecified atom stereocenters. The number of quaternary nitrogens is 1. The zero-order chi connectivity index (χ0) is 16.8. The largest absolute Gasteiger partial charge is 0.310 e. The van der Waals surface area contributed by atoms with Crippen LogP contribution in [0.4, 0.5) is 0 Å². The van der Waals surface area contributed by atoms with Gasteiger partial charge in [-0.1, -0.05) is 0 Å². The quantitative estimate of drug-likeness (QED) is 0.916. The van der Waals surface area contributed by atoms with Crippen LogP contribution in [0.1, 0.15) is 46.1 Å². The Hall–Kier alpha value is -1.97. The molecule has 0 saturated heterocycles. The Morgan fingerprint density at radius 2 is 2.25 bits per heavy atom. The molecule has 1 saturated carbocycles. The van der Waals surface area contributed by atoms with Gasteiger partial charge in [0.1, 0.15) is 17.7 Å². The molecule has 0 spiro atoms. The Labute approximate surface area is 145 Å². The van der Waals surface area contributed by atoms with E-state index in [9.17, 15) is 10.1 Å². The highest BCUT2D eigenvalue weighted by atomic mass is 32.1. The molecule has 124 valence electrons. The topological polar surface area (TPSA) is 63.1 Å². The molecule has 1 fully saturated rings. The highest BCUT2D eigenvalue weighted by molar-refractivity contribution is 7.10. The van der Waals surface area contributed by atoms with Crippen molar-refractivity contribution in [3.05, 3.63) is 49.1 Å². The molecule has 0 radical (unpaired) electrons. The summed E-state index contributed by atoms with van der Waals surface area (Å²) in [4.78, 5) is 15.5. The lowest BCUT2D eigenvalue weighted by molar-refractivity contribution is -0.958. The fourth-order valence-corrected chi connectivity index (χ4v) is 4.81. The van der Waals surface area contributed by atoms with Gasteiger partial charge in [-0.15, -0.1) is 11.3 Å². The van der Waals surface area contributed by atoms with Gasteiger partial charge in [0.15, 0.2) is 6.67 Å². The van der Waals surface area contributed by atoms with Gasteiger partial charge in [-0.3, -0.25) is 4.79 Å². The first-order valence-corrected chi connectivity index (χ1v) is 9.37. The molecule has 4 rings (SSSR count). The summed E-state index contributed by atoms with van der Waals surface area (Å²) < 4.78 is 1.52. The van der Waals surface area contributed by atoms with Gasteiger partial charge >= 0.3 is 0 Å². The molecule has 0 bridgehead atoms. The molecular formula is C18H21N4OS+. The Kier molecular flexibility index (Phi) is 3.78.